The molecule has 0 bridgehead atoms. The van der Waals surface area contributed by atoms with Crippen LogP contribution in [0.5, 0.6) is 0 Å². The van der Waals surface area contributed by atoms with Crippen molar-refractivity contribution in [1.29, 1.82) is 0 Å². The molecule has 0 fully saturated rings. The summed E-state index contributed by atoms with van der Waals surface area (Å²) in [5.74, 6) is 0.0297. The number of amides is 1. The average molecular weight is 260 g/mol. The molecule has 96 valence electrons. The van der Waals surface area contributed by atoms with Crippen molar-refractivity contribution in [3.63, 3.8) is 0 Å². The summed E-state index contributed by atoms with van der Waals surface area (Å²) in [7, 11) is 0. The highest BCUT2D eigenvalue weighted by Gasteiger charge is 2.38. The monoisotopic (exact) mass is 260 g/mol. The van der Waals surface area contributed by atoms with Gasteiger partial charge in [-0.3, -0.25) is 4.79 Å². The minimum Gasteiger partial charge on any atom is -0.384 e. The maximum atomic E-state index is 11.8. The SMILES string of the molecule is Nc1ccnc(=O)n1C#CCNC(=O)C(F)(F)F. The molecule has 0 saturated heterocycles. The highest BCUT2D eigenvalue weighted by Crippen LogP contribution is 2.13. The lowest BCUT2D eigenvalue weighted by atomic mass is 10.5. The second-order valence-electron chi connectivity index (χ2n) is 2.96. The van der Waals surface area contributed by atoms with Crippen molar-refractivity contribution < 1.29 is 18.0 Å². The van der Waals surface area contributed by atoms with Gasteiger partial charge >= 0.3 is 17.8 Å². The van der Waals surface area contributed by atoms with Gasteiger partial charge in [0.05, 0.1) is 6.54 Å². The van der Waals surface area contributed by atoms with E-state index in [2.05, 4.69) is 16.9 Å². The number of nitrogen functional groups attached to an aromatic ring is 1. The van der Waals surface area contributed by atoms with Gasteiger partial charge in [-0.15, -0.1) is 0 Å². The first-order valence-corrected chi connectivity index (χ1v) is 4.50. The molecule has 0 atom stereocenters. The third-order valence-electron chi connectivity index (χ3n) is 1.67. The quantitative estimate of drug-likeness (QED) is 0.654. The molecule has 0 aliphatic heterocycles. The summed E-state index contributed by atoms with van der Waals surface area (Å²) in [6, 6.07) is 3.47. The van der Waals surface area contributed by atoms with Gasteiger partial charge in [0.15, 0.2) is 0 Å². The molecule has 0 radical (unpaired) electrons. The Bertz CT molecular complexity index is 568. The van der Waals surface area contributed by atoms with Crippen LogP contribution in [0.15, 0.2) is 17.1 Å². The number of halogens is 3. The fourth-order valence-corrected chi connectivity index (χ4v) is 0.876. The molecule has 18 heavy (non-hydrogen) atoms. The number of anilines is 1. The van der Waals surface area contributed by atoms with Crippen LogP contribution in [0.4, 0.5) is 19.0 Å². The second-order valence-corrected chi connectivity index (χ2v) is 2.96. The van der Waals surface area contributed by atoms with E-state index in [1.54, 1.807) is 0 Å². The van der Waals surface area contributed by atoms with E-state index >= 15 is 0 Å². The summed E-state index contributed by atoms with van der Waals surface area (Å²) in [4.78, 5) is 24.9. The Morgan fingerprint density at radius 2 is 2.22 bits per heavy atom. The molecule has 1 amide bonds. The average Bonchev–Trinajstić information content (AvgIpc) is 2.25. The predicted octanol–water partition coefficient (Wildman–Crippen LogP) is -0.687. The Balaban J connectivity index is 2.69. The standard InChI is InChI=1S/C9H7F3N4O2/c10-9(11,12)7(17)14-3-1-5-16-6(13)2-4-15-8(16)18/h2,4H,3,13H2,(H,14,17). The van der Waals surface area contributed by atoms with Crippen LogP contribution >= 0.6 is 0 Å². The molecule has 0 aliphatic carbocycles. The summed E-state index contributed by atoms with van der Waals surface area (Å²) in [5, 5.41) is 1.52. The zero-order chi connectivity index (χ0) is 13.8. The van der Waals surface area contributed by atoms with Crippen molar-refractivity contribution in [1.82, 2.24) is 14.9 Å². The fraction of sp³-hybridized carbons (Fsp3) is 0.222. The van der Waals surface area contributed by atoms with E-state index < -0.39 is 24.3 Å². The zero-order valence-electron chi connectivity index (χ0n) is 8.78. The smallest absolute Gasteiger partial charge is 0.384 e. The number of hydrogen-bond acceptors (Lipinski definition) is 4. The maximum Gasteiger partial charge on any atom is 0.471 e. The number of rotatable bonds is 1. The van der Waals surface area contributed by atoms with Gasteiger partial charge in [-0.05, 0) is 6.07 Å². The summed E-state index contributed by atoms with van der Waals surface area (Å²) >= 11 is 0. The van der Waals surface area contributed by atoms with Crippen LogP contribution in [0.25, 0.3) is 0 Å². The van der Waals surface area contributed by atoms with Crippen molar-refractivity contribution in [2.45, 2.75) is 6.18 Å². The van der Waals surface area contributed by atoms with Gasteiger partial charge in [0.2, 0.25) is 0 Å². The maximum absolute atomic E-state index is 11.8. The van der Waals surface area contributed by atoms with E-state index in [0.717, 1.165) is 4.57 Å². The zero-order valence-corrected chi connectivity index (χ0v) is 8.78. The largest absolute Gasteiger partial charge is 0.471 e. The molecular weight excluding hydrogens is 253 g/mol. The topological polar surface area (TPSA) is 90.0 Å². The third kappa shape index (κ3) is 3.51. The molecule has 0 spiro atoms. The van der Waals surface area contributed by atoms with Gasteiger partial charge in [-0.2, -0.15) is 13.2 Å². The van der Waals surface area contributed by atoms with Crippen molar-refractivity contribution >= 4 is 11.7 Å². The highest BCUT2D eigenvalue weighted by molar-refractivity contribution is 5.81. The van der Waals surface area contributed by atoms with E-state index in [9.17, 15) is 22.8 Å². The minimum absolute atomic E-state index is 0.00959. The molecule has 0 saturated carbocycles. The van der Waals surface area contributed by atoms with Crippen LogP contribution in [0.3, 0.4) is 0 Å². The summed E-state index contributed by atoms with van der Waals surface area (Å²) < 4.78 is 36.1. The molecule has 0 unspecified atom stereocenters. The van der Waals surface area contributed by atoms with Gasteiger partial charge < -0.3 is 11.1 Å². The first-order valence-electron chi connectivity index (χ1n) is 4.50. The van der Waals surface area contributed by atoms with Crippen LogP contribution in [0.1, 0.15) is 0 Å². The first-order chi connectivity index (χ1) is 8.32. The molecule has 0 aromatic carbocycles. The number of hydrogen-bond donors (Lipinski definition) is 2. The van der Waals surface area contributed by atoms with Crippen LogP contribution in [0, 0.1) is 12.0 Å². The van der Waals surface area contributed by atoms with Crippen LogP contribution in [-0.2, 0) is 4.79 Å². The van der Waals surface area contributed by atoms with Crippen LogP contribution < -0.4 is 16.7 Å². The Morgan fingerprint density at radius 3 is 2.78 bits per heavy atom. The molecule has 3 N–H and O–H groups in total. The van der Waals surface area contributed by atoms with Crippen molar-refractivity contribution in [3.8, 4) is 12.0 Å². The molecular formula is C9H7F3N4O2. The van der Waals surface area contributed by atoms with Crippen molar-refractivity contribution in [2.24, 2.45) is 0 Å². The molecule has 6 nitrogen and oxygen atoms in total. The summed E-state index contributed by atoms with van der Waals surface area (Å²) in [5.41, 5.74) is 4.63. The molecule has 0 aliphatic rings. The third-order valence-corrected chi connectivity index (χ3v) is 1.67. The highest BCUT2D eigenvalue weighted by atomic mass is 19.4. The number of aromatic nitrogens is 2. The Hall–Kier alpha value is -2.50. The Labute approximate surface area is 98.6 Å². The number of carbonyl (C=O) groups excluding carboxylic acids is 1. The number of carbonyl (C=O) groups is 1. The molecule has 1 aromatic rings. The number of nitrogens with two attached hydrogens (primary N) is 1. The lowest BCUT2D eigenvalue weighted by molar-refractivity contribution is -0.173. The summed E-state index contributed by atoms with van der Waals surface area (Å²) in [6.45, 7) is -0.570. The molecule has 1 aromatic heterocycles. The first kappa shape index (κ1) is 13.6. The van der Waals surface area contributed by atoms with E-state index in [-0.39, 0.29) is 5.82 Å². The minimum atomic E-state index is -4.97. The molecule has 1 heterocycles. The van der Waals surface area contributed by atoms with E-state index in [0.29, 0.717) is 0 Å². The van der Waals surface area contributed by atoms with Crippen LogP contribution in [-0.4, -0.2) is 28.2 Å². The van der Waals surface area contributed by atoms with E-state index in [1.807, 2.05) is 0 Å². The fourth-order valence-electron chi connectivity index (χ4n) is 0.876. The second kappa shape index (κ2) is 5.22. The number of nitrogens with zero attached hydrogens (tertiary/aromatic N) is 2. The van der Waals surface area contributed by atoms with Gasteiger partial charge in [-0.25, -0.2) is 14.3 Å². The number of alkyl halides is 3. The lowest BCUT2D eigenvalue weighted by Crippen LogP contribution is -2.36. The van der Waals surface area contributed by atoms with Crippen LogP contribution in [0.2, 0.25) is 0 Å². The van der Waals surface area contributed by atoms with Gasteiger partial charge in [0.25, 0.3) is 0 Å². The number of nitrogens with one attached hydrogen (secondary N) is 1. The van der Waals surface area contributed by atoms with Crippen molar-refractivity contribution in [2.75, 3.05) is 12.3 Å². The van der Waals surface area contributed by atoms with Gasteiger partial charge in [0.1, 0.15) is 5.82 Å². The Kier molecular flexibility index (Phi) is 3.93. The van der Waals surface area contributed by atoms with Gasteiger partial charge in [0, 0.05) is 12.2 Å². The Morgan fingerprint density at radius 1 is 1.56 bits per heavy atom. The van der Waals surface area contributed by atoms with E-state index in [4.69, 9.17) is 5.73 Å². The molecule has 1 rings (SSSR count). The van der Waals surface area contributed by atoms with Crippen molar-refractivity contribution in [3.05, 3.63) is 22.7 Å². The molecule has 9 heteroatoms. The lowest BCUT2D eigenvalue weighted by Gasteiger charge is -2.04. The normalized spacial score (nSPS) is 10.4. The predicted molar refractivity (Wildman–Crippen MR) is 55.1 cm³/mol. The van der Waals surface area contributed by atoms with Gasteiger partial charge in [-0.1, -0.05) is 5.92 Å². The van der Waals surface area contributed by atoms with E-state index in [1.165, 1.54) is 17.6 Å². The summed E-state index contributed by atoms with van der Waals surface area (Å²) in [6.07, 6.45) is -3.80.